The van der Waals surface area contributed by atoms with Crippen molar-refractivity contribution in [3.63, 3.8) is 0 Å². The van der Waals surface area contributed by atoms with Crippen molar-refractivity contribution in [1.82, 2.24) is 24.4 Å². The van der Waals surface area contributed by atoms with Crippen molar-refractivity contribution in [2.75, 3.05) is 45.3 Å². The molecular formula is C38H40ClFN6O5. The summed E-state index contributed by atoms with van der Waals surface area (Å²) in [6, 6.07) is 19.5. The van der Waals surface area contributed by atoms with Gasteiger partial charge in [0.25, 0.3) is 5.91 Å². The van der Waals surface area contributed by atoms with Gasteiger partial charge in [0.1, 0.15) is 24.9 Å². The number of carbonyl (C=O) groups excluding carboxylic acids is 1. The lowest BCUT2D eigenvalue weighted by atomic mass is 9.93. The fourth-order valence-electron chi connectivity index (χ4n) is 6.36. The molecule has 1 amide bonds. The predicted octanol–water partition coefficient (Wildman–Crippen LogP) is 6.64. The number of nitrogens with one attached hydrogen (secondary N) is 1. The summed E-state index contributed by atoms with van der Waals surface area (Å²) in [5, 5.41) is 3.33. The summed E-state index contributed by atoms with van der Waals surface area (Å²) in [4.78, 5) is 29.5. The maximum Gasteiger partial charge on any atom is 0.257 e. The fraction of sp³-hybridized carbons (Fsp3) is 0.368. The Morgan fingerprint density at radius 3 is 2.61 bits per heavy atom. The number of benzene rings is 2. The first-order valence-corrected chi connectivity index (χ1v) is 17.6. The minimum absolute atomic E-state index is 0.0792. The number of carbonyl (C=O) groups is 1. The number of likely N-dealkylation sites (tertiary alicyclic amines) is 1. The Kier molecular flexibility index (Phi) is 11.0. The molecule has 13 heteroatoms. The molecule has 3 aromatic heterocycles. The van der Waals surface area contributed by atoms with Crippen molar-refractivity contribution in [1.29, 1.82) is 0 Å². The third-order valence-corrected chi connectivity index (χ3v) is 9.54. The van der Waals surface area contributed by atoms with Gasteiger partial charge in [0.05, 0.1) is 42.4 Å². The Morgan fingerprint density at radius 1 is 1.00 bits per heavy atom. The summed E-state index contributed by atoms with van der Waals surface area (Å²) < 4.78 is 38.6. The molecule has 1 atom stereocenters. The molecular weight excluding hydrogens is 675 g/mol. The molecule has 0 aliphatic carbocycles. The van der Waals surface area contributed by atoms with Crippen LogP contribution in [0, 0.1) is 5.82 Å². The predicted molar refractivity (Wildman–Crippen MR) is 191 cm³/mol. The van der Waals surface area contributed by atoms with Gasteiger partial charge in [-0.2, -0.15) is 0 Å². The number of rotatable bonds is 14. The van der Waals surface area contributed by atoms with Gasteiger partial charge < -0.3 is 28.8 Å². The van der Waals surface area contributed by atoms with Crippen molar-refractivity contribution in [2.24, 2.45) is 0 Å². The molecule has 0 radical (unpaired) electrons. The average Bonchev–Trinajstić information content (AvgIpc) is 3.45. The smallest absolute Gasteiger partial charge is 0.257 e. The van der Waals surface area contributed by atoms with Gasteiger partial charge in [0.15, 0.2) is 0 Å². The largest absolute Gasteiger partial charge is 0.475 e. The molecule has 2 aliphatic heterocycles. The first-order valence-electron chi connectivity index (χ1n) is 17.2. The highest BCUT2D eigenvalue weighted by molar-refractivity contribution is 6.30. The number of methoxy groups -OCH3 is 1. The van der Waals surface area contributed by atoms with Crippen LogP contribution in [0.4, 0.5) is 10.1 Å². The molecule has 2 fully saturated rings. The van der Waals surface area contributed by atoms with E-state index in [1.807, 2.05) is 30.3 Å². The van der Waals surface area contributed by atoms with Gasteiger partial charge in [-0.15, -0.1) is 0 Å². The molecule has 0 unspecified atom stereocenters. The van der Waals surface area contributed by atoms with E-state index < -0.39 is 5.82 Å². The highest BCUT2D eigenvalue weighted by atomic mass is 35.5. The van der Waals surface area contributed by atoms with Gasteiger partial charge in [0, 0.05) is 59.9 Å². The number of halogens is 2. The molecule has 5 heterocycles. The molecule has 2 aliphatic rings. The molecule has 2 saturated heterocycles. The van der Waals surface area contributed by atoms with Crippen LogP contribution < -0.4 is 14.8 Å². The molecule has 0 spiro atoms. The Hall–Kier alpha value is -4.62. The Labute approximate surface area is 300 Å². The Balaban J connectivity index is 0.986. The molecule has 266 valence electrons. The second-order valence-electron chi connectivity index (χ2n) is 12.8. The van der Waals surface area contributed by atoms with E-state index in [0.29, 0.717) is 59.3 Å². The SMILES string of the molecule is COCCOc1ccc(C(=O)Nc2ccc3c(c2)nc(CN2CCC(c4cccc(OCc5ccc(Cl)cc5F)n4)CC2)n3C[C@@H]2CCO2)cn1. The third-order valence-electron chi connectivity index (χ3n) is 9.31. The first-order chi connectivity index (χ1) is 24.9. The molecule has 0 bridgehead atoms. The van der Waals surface area contributed by atoms with E-state index in [0.717, 1.165) is 68.1 Å². The van der Waals surface area contributed by atoms with Crippen LogP contribution in [-0.2, 0) is 29.2 Å². The number of hydrogen-bond donors (Lipinski definition) is 1. The van der Waals surface area contributed by atoms with Gasteiger partial charge in [-0.25, -0.2) is 19.3 Å². The lowest BCUT2D eigenvalue weighted by Crippen LogP contribution is -2.35. The van der Waals surface area contributed by atoms with E-state index in [2.05, 4.69) is 19.8 Å². The maximum absolute atomic E-state index is 14.2. The van der Waals surface area contributed by atoms with Gasteiger partial charge in [-0.05, 0) is 74.8 Å². The number of nitrogens with zero attached hydrogens (tertiary/aromatic N) is 5. The first kappa shape index (κ1) is 34.8. The van der Waals surface area contributed by atoms with Crippen LogP contribution in [-0.4, -0.2) is 76.5 Å². The highest BCUT2D eigenvalue weighted by Gasteiger charge is 2.26. The maximum atomic E-state index is 14.2. The quantitative estimate of drug-likeness (QED) is 0.127. The average molecular weight is 715 g/mol. The number of ether oxygens (including phenoxy) is 4. The molecule has 0 saturated carbocycles. The number of anilines is 1. The van der Waals surface area contributed by atoms with E-state index in [1.165, 1.54) is 12.3 Å². The van der Waals surface area contributed by atoms with Gasteiger partial charge in [-0.1, -0.05) is 23.7 Å². The molecule has 5 aromatic rings. The van der Waals surface area contributed by atoms with Crippen molar-refractivity contribution in [2.45, 2.75) is 51.0 Å². The van der Waals surface area contributed by atoms with Crippen LogP contribution in [0.1, 0.15) is 52.6 Å². The van der Waals surface area contributed by atoms with Crippen LogP contribution in [0.5, 0.6) is 11.8 Å². The van der Waals surface area contributed by atoms with Crippen molar-refractivity contribution >= 4 is 34.2 Å². The topological polar surface area (TPSA) is 113 Å². The lowest BCUT2D eigenvalue weighted by Gasteiger charge is -2.32. The van der Waals surface area contributed by atoms with Gasteiger partial charge >= 0.3 is 0 Å². The van der Waals surface area contributed by atoms with E-state index in [1.54, 1.807) is 37.4 Å². The van der Waals surface area contributed by atoms with Crippen LogP contribution >= 0.6 is 11.6 Å². The van der Waals surface area contributed by atoms with E-state index >= 15 is 0 Å². The number of piperidine rings is 1. The van der Waals surface area contributed by atoms with Crippen LogP contribution in [0.25, 0.3) is 11.0 Å². The van der Waals surface area contributed by atoms with Gasteiger partial charge in [0.2, 0.25) is 11.8 Å². The summed E-state index contributed by atoms with van der Waals surface area (Å²) in [5.74, 6) is 1.51. The molecule has 11 nitrogen and oxygen atoms in total. The molecule has 7 rings (SSSR count). The Bertz CT molecular complexity index is 1960. The zero-order chi connectivity index (χ0) is 35.2. The summed E-state index contributed by atoms with van der Waals surface area (Å²) >= 11 is 5.88. The summed E-state index contributed by atoms with van der Waals surface area (Å²) in [7, 11) is 1.61. The van der Waals surface area contributed by atoms with E-state index in [9.17, 15) is 9.18 Å². The van der Waals surface area contributed by atoms with Crippen molar-refractivity contribution < 1.29 is 28.1 Å². The monoisotopic (exact) mass is 714 g/mol. The standard InChI is InChI=1S/C38H40ClFN6O5/c1-48-17-18-50-36-10-6-26(21-41-36)38(47)42-29-8-9-34-33(20-29)43-35(46(34)22-30-13-16-49-30)23-45-14-11-25(12-15-45)32-3-2-4-37(44-32)51-24-27-5-7-28(39)19-31(27)40/h2-10,19-21,25,30H,11-18,22-24H2,1H3,(H,42,47)/t30-/m0/s1. The molecule has 1 N–H and O–H groups in total. The normalized spacial score (nSPS) is 16.6. The van der Waals surface area contributed by atoms with Crippen molar-refractivity contribution in [3.8, 4) is 11.8 Å². The highest BCUT2D eigenvalue weighted by Crippen LogP contribution is 2.30. The second kappa shape index (κ2) is 16.2. The summed E-state index contributed by atoms with van der Waals surface area (Å²) in [5.41, 5.74) is 4.31. The van der Waals surface area contributed by atoms with Crippen molar-refractivity contribution in [3.05, 3.63) is 106 Å². The number of imidazole rings is 1. The van der Waals surface area contributed by atoms with Crippen LogP contribution in [0.2, 0.25) is 5.02 Å². The number of amides is 1. The number of aromatic nitrogens is 4. The fourth-order valence-corrected chi connectivity index (χ4v) is 6.52. The molecule has 51 heavy (non-hydrogen) atoms. The summed E-state index contributed by atoms with van der Waals surface area (Å²) in [6.45, 7) is 4.91. The van der Waals surface area contributed by atoms with E-state index in [4.69, 9.17) is 40.5 Å². The molecule has 2 aromatic carbocycles. The second-order valence-corrected chi connectivity index (χ2v) is 13.2. The zero-order valence-electron chi connectivity index (χ0n) is 28.4. The van der Waals surface area contributed by atoms with E-state index in [-0.39, 0.29) is 18.6 Å². The number of fused-ring (bicyclic) bond motifs is 1. The minimum atomic E-state index is -0.396. The van der Waals surface area contributed by atoms with Crippen LogP contribution in [0.15, 0.2) is 72.9 Å². The third kappa shape index (κ3) is 8.65. The zero-order valence-corrected chi connectivity index (χ0v) is 29.2. The number of pyridine rings is 2. The lowest BCUT2D eigenvalue weighted by molar-refractivity contribution is -0.0592. The number of hydrogen-bond acceptors (Lipinski definition) is 9. The van der Waals surface area contributed by atoms with Crippen LogP contribution in [0.3, 0.4) is 0 Å². The Morgan fingerprint density at radius 2 is 1.86 bits per heavy atom. The summed E-state index contributed by atoms with van der Waals surface area (Å²) in [6.07, 6.45) is 4.57. The van der Waals surface area contributed by atoms with Gasteiger partial charge in [-0.3, -0.25) is 9.69 Å². The minimum Gasteiger partial charge on any atom is -0.475 e.